The predicted octanol–water partition coefficient (Wildman–Crippen LogP) is 5.21. The Morgan fingerprint density at radius 3 is 2.62 bits per heavy atom. The zero-order valence-electron chi connectivity index (χ0n) is 17.3. The predicted molar refractivity (Wildman–Crippen MR) is 123 cm³/mol. The normalized spacial score (nSPS) is 19.2. The summed E-state index contributed by atoms with van der Waals surface area (Å²) in [7, 11) is 0. The summed E-state index contributed by atoms with van der Waals surface area (Å²) in [5, 5.41) is 11.7. The van der Waals surface area contributed by atoms with Gasteiger partial charge in [-0.2, -0.15) is 0 Å². The van der Waals surface area contributed by atoms with Gasteiger partial charge < -0.3 is 9.84 Å². The fraction of sp³-hybridized carbons (Fsp3) is 0.154. The minimum Gasteiger partial charge on any atom is -0.507 e. The smallest absolute Gasteiger partial charge is 0.300 e. The highest BCUT2D eigenvalue weighted by atomic mass is 35.5. The molecule has 2 aliphatic rings. The summed E-state index contributed by atoms with van der Waals surface area (Å²) in [5.41, 5.74) is 3.56. The summed E-state index contributed by atoms with van der Waals surface area (Å²) in [6, 6.07) is 19.0. The lowest BCUT2D eigenvalue weighted by atomic mass is 9.94. The van der Waals surface area contributed by atoms with E-state index in [0.717, 1.165) is 28.9 Å². The number of aliphatic hydroxyl groups is 1. The van der Waals surface area contributed by atoms with Gasteiger partial charge >= 0.3 is 0 Å². The van der Waals surface area contributed by atoms with Gasteiger partial charge in [-0.25, -0.2) is 0 Å². The molecule has 2 heterocycles. The number of anilines is 1. The number of rotatable bonds is 3. The van der Waals surface area contributed by atoms with Crippen LogP contribution in [0, 0.1) is 6.92 Å². The fourth-order valence-corrected chi connectivity index (χ4v) is 4.53. The van der Waals surface area contributed by atoms with Gasteiger partial charge in [0.25, 0.3) is 11.7 Å². The molecule has 0 aliphatic carbocycles. The summed E-state index contributed by atoms with van der Waals surface area (Å²) in [5.74, 6) is -0.854. The van der Waals surface area contributed by atoms with Crippen molar-refractivity contribution in [3.63, 3.8) is 0 Å². The SMILES string of the molecule is Cc1ccc(Cl)cc1N1C(=O)C(=O)/C(=C(\O)c2ccc3c(c2)CCO3)C1c1ccccc1. The van der Waals surface area contributed by atoms with E-state index in [0.29, 0.717) is 22.9 Å². The second-order valence-electron chi connectivity index (χ2n) is 7.93. The number of Topliss-reactive ketones (excluding diaryl/α,β-unsaturated/α-hetero) is 1. The number of carbonyl (C=O) groups excluding carboxylic acids is 2. The average Bonchev–Trinajstić information content (AvgIpc) is 3.38. The van der Waals surface area contributed by atoms with Crippen molar-refractivity contribution in [2.24, 2.45) is 0 Å². The van der Waals surface area contributed by atoms with Gasteiger partial charge in [-0.1, -0.05) is 48.0 Å². The molecule has 0 aromatic heterocycles. The largest absolute Gasteiger partial charge is 0.507 e. The Bertz CT molecular complexity index is 1280. The van der Waals surface area contributed by atoms with Crippen LogP contribution >= 0.6 is 11.6 Å². The number of halogens is 1. The molecule has 0 radical (unpaired) electrons. The van der Waals surface area contributed by atoms with Crippen LogP contribution in [0.25, 0.3) is 5.76 Å². The number of hydrogen-bond donors (Lipinski definition) is 1. The molecule has 5 nitrogen and oxygen atoms in total. The van der Waals surface area contributed by atoms with Gasteiger partial charge in [0.15, 0.2) is 0 Å². The molecule has 32 heavy (non-hydrogen) atoms. The second kappa shape index (κ2) is 7.84. The number of benzene rings is 3. The van der Waals surface area contributed by atoms with Crippen LogP contribution in [0.3, 0.4) is 0 Å². The van der Waals surface area contributed by atoms with Crippen LogP contribution in [0.1, 0.15) is 28.3 Å². The highest BCUT2D eigenvalue weighted by Crippen LogP contribution is 2.44. The zero-order valence-corrected chi connectivity index (χ0v) is 18.1. The molecule has 1 saturated heterocycles. The molecule has 1 atom stereocenters. The summed E-state index contributed by atoms with van der Waals surface area (Å²) < 4.78 is 5.55. The topological polar surface area (TPSA) is 66.8 Å². The van der Waals surface area contributed by atoms with Crippen molar-refractivity contribution in [2.45, 2.75) is 19.4 Å². The maximum atomic E-state index is 13.3. The third kappa shape index (κ3) is 3.26. The van der Waals surface area contributed by atoms with Gasteiger partial charge in [-0.05, 0) is 53.9 Å². The van der Waals surface area contributed by atoms with Crippen molar-refractivity contribution < 1.29 is 19.4 Å². The molecule has 3 aromatic carbocycles. The number of ketones is 1. The van der Waals surface area contributed by atoms with Crippen molar-refractivity contribution >= 4 is 34.7 Å². The molecule has 160 valence electrons. The molecule has 6 heteroatoms. The van der Waals surface area contributed by atoms with Crippen LogP contribution in [0.2, 0.25) is 5.02 Å². The lowest BCUT2D eigenvalue weighted by Crippen LogP contribution is -2.30. The lowest BCUT2D eigenvalue weighted by molar-refractivity contribution is -0.132. The number of hydrogen-bond acceptors (Lipinski definition) is 4. The van der Waals surface area contributed by atoms with E-state index in [1.807, 2.05) is 43.3 Å². The third-order valence-corrected chi connectivity index (χ3v) is 6.19. The maximum absolute atomic E-state index is 13.3. The monoisotopic (exact) mass is 445 g/mol. The van der Waals surface area contributed by atoms with E-state index in [9.17, 15) is 14.7 Å². The van der Waals surface area contributed by atoms with Gasteiger partial charge in [-0.15, -0.1) is 0 Å². The van der Waals surface area contributed by atoms with Crippen molar-refractivity contribution in [3.05, 3.63) is 99.6 Å². The first-order valence-corrected chi connectivity index (χ1v) is 10.7. The number of aryl methyl sites for hydroxylation is 1. The van der Waals surface area contributed by atoms with Crippen molar-refractivity contribution in [2.75, 3.05) is 11.5 Å². The molecule has 0 spiro atoms. The first-order valence-electron chi connectivity index (χ1n) is 10.3. The van der Waals surface area contributed by atoms with Crippen LogP contribution < -0.4 is 9.64 Å². The van der Waals surface area contributed by atoms with E-state index in [1.54, 1.807) is 30.3 Å². The molecule has 5 rings (SSSR count). The van der Waals surface area contributed by atoms with Crippen molar-refractivity contribution in [3.8, 4) is 5.75 Å². The molecule has 1 unspecified atom stereocenters. The third-order valence-electron chi connectivity index (χ3n) is 5.95. The number of nitrogens with zero attached hydrogens (tertiary/aromatic N) is 1. The summed E-state index contributed by atoms with van der Waals surface area (Å²) in [6.45, 7) is 2.44. The van der Waals surface area contributed by atoms with Gasteiger partial charge in [0.05, 0.1) is 18.2 Å². The number of ether oxygens (including phenoxy) is 1. The molecule has 2 aliphatic heterocycles. The Kier molecular flexibility index (Phi) is 4.98. The summed E-state index contributed by atoms with van der Waals surface area (Å²) in [4.78, 5) is 27.9. The zero-order chi connectivity index (χ0) is 22.4. The molecule has 0 bridgehead atoms. The van der Waals surface area contributed by atoms with Crippen molar-refractivity contribution in [1.29, 1.82) is 0 Å². The van der Waals surface area contributed by atoms with Gasteiger partial charge in [0.2, 0.25) is 0 Å². The molecular formula is C26H20ClNO4. The highest BCUT2D eigenvalue weighted by molar-refractivity contribution is 6.52. The Balaban J connectivity index is 1.73. The van der Waals surface area contributed by atoms with Crippen molar-refractivity contribution in [1.82, 2.24) is 0 Å². The minimum absolute atomic E-state index is 0.0550. The second-order valence-corrected chi connectivity index (χ2v) is 8.37. The number of aliphatic hydroxyl groups excluding tert-OH is 1. The molecular weight excluding hydrogens is 426 g/mol. The van der Waals surface area contributed by atoms with Crippen LogP contribution in [0.4, 0.5) is 5.69 Å². The standard InChI is InChI=1S/C26H20ClNO4/c1-15-7-9-19(27)14-20(15)28-23(16-5-3-2-4-6-16)22(25(30)26(28)31)24(29)18-8-10-21-17(13-18)11-12-32-21/h2-10,13-14,23,29H,11-12H2,1H3/b24-22-. The van der Waals surface area contributed by atoms with Crippen LogP contribution in [-0.2, 0) is 16.0 Å². The Hall–Kier alpha value is -3.57. The fourth-order valence-electron chi connectivity index (χ4n) is 4.36. The molecule has 1 amide bonds. The highest BCUT2D eigenvalue weighted by Gasteiger charge is 2.47. The van der Waals surface area contributed by atoms with E-state index in [4.69, 9.17) is 16.3 Å². The van der Waals surface area contributed by atoms with E-state index in [1.165, 1.54) is 4.90 Å². The number of fused-ring (bicyclic) bond motifs is 1. The van der Waals surface area contributed by atoms with E-state index < -0.39 is 17.7 Å². The summed E-state index contributed by atoms with van der Waals surface area (Å²) >= 11 is 6.23. The Morgan fingerprint density at radius 2 is 1.84 bits per heavy atom. The van der Waals surface area contributed by atoms with E-state index >= 15 is 0 Å². The maximum Gasteiger partial charge on any atom is 0.300 e. The van der Waals surface area contributed by atoms with Gasteiger partial charge in [0, 0.05) is 22.7 Å². The molecule has 1 fully saturated rings. The molecule has 0 saturated carbocycles. The van der Waals surface area contributed by atoms with Gasteiger partial charge in [-0.3, -0.25) is 14.5 Å². The lowest BCUT2D eigenvalue weighted by Gasteiger charge is -2.27. The first kappa shape index (κ1) is 20.3. The average molecular weight is 446 g/mol. The van der Waals surface area contributed by atoms with Crippen LogP contribution in [-0.4, -0.2) is 23.4 Å². The molecule has 3 aromatic rings. The Labute approximate surface area is 190 Å². The number of carbonyl (C=O) groups is 2. The van der Waals surface area contributed by atoms with Crippen LogP contribution in [0.5, 0.6) is 5.75 Å². The van der Waals surface area contributed by atoms with E-state index in [-0.39, 0.29) is 11.3 Å². The number of amides is 1. The minimum atomic E-state index is -0.780. The summed E-state index contributed by atoms with van der Waals surface area (Å²) in [6.07, 6.45) is 0.731. The first-order chi connectivity index (χ1) is 15.5. The quantitative estimate of drug-likeness (QED) is 0.341. The molecule has 1 N–H and O–H groups in total. The Morgan fingerprint density at radius 1 is 1.06 bits per heavy atom. The van der Waals surface area contributed by atoms with E-state index in [2.05, 4.69) is 0 Å². The van der Waals surface area contributed by atoms with Crippen LogP contribution in [0.15, 0.2) is 72.3 Å². The van der Waals surface area contributed by atoms with Gasteiger partial charge in [0.1, 0.15) is 11.5 Å².